The lowest BCUT2D eigenvalue weighted by molar-refractivity contribution is 0.268. The Kier molecular flexibility index (Phi) is 5.30. The van der Waals surface area contributed by atoms with Gasteiger partial charge in [0, 0.05) is 31.9 Å². The molecular formula is C21H21N3O2S2. The molecule has 7 heteroatoms. The van der Waals surface area contributed by atoms with E-state index in [0.717, 1.165) is 16.5 Å². The Bertz CT molecular complexity index is 1090. The monoisotopic (exact) mass is 411 g/mol. The molecular weight excluding hydrogens is 390 g/mol. The van der Waals surface area contributed by atoms with Crippen LogP contribution in [0.5, 0.6) is 0 Å². The van der Waals surface area contributed by atoms with E-state index < -0.39 is 10.0 Å². The van der Waals surface area contributed by atoms with Crippen LogP contribution in [0.1, 0.15) is 0 Å². The summed E-state index contributed by atoms with van der Waals surface area (Å²) < 4.78 is 27.7. The van der Waals surface area contributed by atoms with Gasteiger partial charge in [0.1, 0.15) is 0 Å². The third-order valence-corrected chi connectivity index (χ3v) is 7.16. The predicted molar refractivity (Wildman–Crippen MR) is 117 cm³/mol. The largest absolute Gasteiger partial charge is 0.346 e. The molecule has 3 aromatic carbocycles. The summed E-state index contributed by atoms with van der Waals surface area (Å²) in [5.74, 6) is 0. The number of anilines is 1. The first-order valence-electron chi connectivity index (χ1n) is 9.14. The number of nitrogens with zero attached hydrogens (tertiary/aromatic N) is 2. The smallest absolute Gasteiger partial charge is 0.243 e. The van der Waals surface area contributed by atoms with Crippen LogP contribution >= 0.6 is 12.2 Å². The molecule has 0 aromatic heterocycles. The number of sulfonamides is 1. The van der Waals surface area contributed by atoms with Crippen LogP contribution in [0.4, 0.5) is 5.69 Å². The highest BCUT2D eigenvalue weighted by atomic mass is 32.2. The Labute approximate surface area is 170 Å². The molecule has 0 amide bonds. The molecule has 28 heavy (non-hydrogen) atoms. The van der Waals surface area contributed by atoms with Gasteiger partial charge in [0.25, 0.3) is 0 Å². The van der Waals surface area contributed by atoms with Crippen molar-refractivity contribution in [1.29, 1.82) is 0 Å². The molecule has 0 unspecified atom stereocenters. The summed E-state index contributed by atoms with van der Waals surface area (Å²) in [6.07, 6.45) is 0. The van der Waals surface area contributed by atoms with Crippen molar-refractivity contribution >= 4 is 43.8 Å². The lowest BCUT2D eigenvalue weighted by Gasteiger charge is -2.35. The average Bonchev–Trinajstić information content (AvgIpc) is 2.74. The summed E-state index contributed by atoms with van der Waals surface area (Å²) in [5, 5.41) is 5.78. The number of thiocarbonyl (C=S) groups is 1. The van der Waals surface area contributed by atoms with E-state index in [2.05, 4.69) is 5.32 Å². The minimum atomic E-state index is -3.52. The lowest BCUT2D eigenvalue weighted by atomic mass is 10.1. The number of hydrogen-bond donors (Lipinski definition) is 1. The Morgan fingerprint density at radius 1 is 0.821 bits per heavy atom. The number of para-hydroxylation sites is 1. The molecule has 0 spiro atoms. The van der Waals surface area contributed by atoms with Crippen molar-refractivity contribution in [3.05, 3.63) is 72.8 Å². The van der Waals surface area contributed by atoms with Gasteiger partial charge in [-0.05, 0) is 47.3 Å². The van der Waals surface area contributed by atoms with Crippen LogP contribution in [0, 0.1) is 0 Å². The Morgan fingerprint density at radius 2 is 1.46 bits per heavy atom. The fourth-order valence-electron chi connectivity index (χ4n) is 3.33. The number of benzene rings is 3. The van der Waals surface area contributed by atoms with Gasteiger partial charge in [-0.15, -0.1) is 0 Å². The average molecular weight is 412 g/mol. The van der Waals surface area contributed by atoms with Crippen molar-refractivity contribution in [3.63, 3.8) is 0 Å². The molecule has 0 saturated carbocycles. The highest BCUT2D eigenvalue weighted by molar-refractivity contribution is 7.89. The Morgan fingerprint density at radius 3 is 2.18 bits per heavy atom. The van der Waals surface area contributed by atoms with Crippen LogP contribution in [-0.4, -0.2) is 48.9 Å². The van der Waals surface area contributed by atoms with Gasteiger partial charge < -0.3 is 10.2 Å². The number of rotatable bonds is 3. The van der Waals surface area contributed by atoms with E-state index in [9.17, 15) is 8.42 Å². The van der Waals surface area contributed by atoms with Gasteiger partial charge >= 0.3 is 0 Å². The van der Waals surface area contributed by atoms with Crippen LogP contribution in [0.25, 0.3) is 10.8 Å². The predicted octanol–water partition coefficient (Wildman–Crippen LogP) is 3.54. The second kappa shape index (κ2) is 7.87. The van der Waals surface area contributed by atoms with Crippen LogP contribution in [0.2, 0.25) is 0 Å². The van der Waals surface area contributed by atoms with Crippen molar-refractivity contribution in [2.24, 2.45) is 0 Å². The minimum Gasteiger partial charge on any atom is -0.346 e. The molecule has 0 atom stereocenters. The zero-order valence-electron chi connectivity index (χ0n) is 15.3. The van der Waals surface area contributed by atoms with E-state index in [4.69, 9.17) is 12.2 Å². The minimum absolute atomic E-state index is 0.338. The molecule has 1 aliphatic rings. The van der Waals surface area contributed by atoms with Gasteiger partial charge in [-0.2, -0.15) is 4.31 Å². The maximum Gasteiger partial charge on any atom is 0.243 e. The summed E-state index contributed by atoms with van der Waals surface area (Å²) in [6, 6.07) is 22.8. The normalized spacial score (nSPS) is 15.5. The molecule has 5 nitrogen and oxygen atoms in total. The van der Waals surface area contributed by atoms with Crippen LogP contribution in [0.3, 0.4) is 0 Å². The van der Waals surface area contributed by atoms with E-state index in [1.54, 1.807) is 16.4 Å². The molecule has 1 N–H and O–H groups in total. The van der Waals surface area contributed by atoms with E-state index in [1.165, 1.54) is 0 Å². The maximum absolute atomic E-state index is 13.1. The van der Waals surface area contributed by atoms with Crippen molar-refractivity contribution in [2.75, 3.05) is 31.5 Å². The van der Waals surface area contributed by atoms with Crippen molar-refractivity contribution < 1.29 is 8.42 Å². The standard InChI is InChI=1S/C21H21N3O2S2/c25-28(26,20-11-10-17-6-4-5-7-18(17)16-20)24-14-12-23(13-15-24)21(27)22-19-8-2-1-3-9-19/h1-11,16H,12-15H2,(H,22,27). The van der Waals surface area contributed by atoms with Gasteiger partial charge in [0.05, 0.1) is 4.90 Å². The Hall–Kier alpha value is -2.48. The lowest BCUT2D eigenvalue weighted by Crippen LogP contribution is -2.51. The number of piperazine rings is 1. The molecule has 1 heterocycles. The number of nitrogens with one attached hydrogen (secondary N) is 1. The first kappa shape index (κ1) is 18.9. The molecule has 3 aromatic rings. The fourth-order valence-corrected chi connectivity index (χ4v) is 5.09. The highest BCUT2D eigenvalue weighted by Crippen LogP contribution is 2.23. The van der Waals surface area contributed by atoms with Crippen LogP contribution in [-0.2, 0) is 10.0 Å². The Balaban J connectivity index is 1.44. The molecule has 1 saturated heterocycles. The summed E-state index contributed by atoms with van der Waals surface area (Å²) in [6.45, 7) is 1.94. The molecule has 144 valence electrons. The topological polar surface area (TPSA) is 52.7 Å². The van der Waals surface area contributed by atoms with Gasteiger partial charge in [-0.1, -0.05) is 48.5 Å². The van der Waals surface area contributed by atoms with Crippen LogP contribution < -0.4 is 5.32 Å². The molecule has 4 rings (SSSR count). The van der Waals surface area contributed by atoms with E-state index in [-0.39, 0.29) is 0 Å². The third kappa shape index (κ3) is 3.87. The molecule has 0 aliphatic carbocycles. The van der Waals surface area contributed by atoms with E-state index in [1.807, 2.05) is 65.6 Å². The van der Waals surface area contributed by atoms with Crippen molar-refractivity contribution in [2.45, 2.75) is 4.90 Å². The summed E-state index contributed by atoms with van der Waals surface area (Å²) in [4.78, 5) is 2.35. The first-order valence-corrected chi connectivity index (χ1v) is 11.0. The van der Waals surface area contributed by atoms with Crippen LogP contribution in [0.15, 0.2) is 77.7 Å². The summed E-state index contributed by atoms with van der Waals surface area (Å²) >= 11 is 5.48. The zero-order chi connectivity index (χ0) is 19.6. The van der Waals surface area contributed by atoms with Gasteiger partial charge in [-0.3, -0.25) is 0 Å². The highest BCUT2D eigenvalue weighted by Gasteiger charge is 2.29. The molecule has 1 aliphatic heterocycles. The molecule has 1 fully saturated rings. The number of hydrogen-bond acceptors (Lipinski definition) is 3. The zero-order valence-corrected chi connectivity index (χ0v) is 16.9. The summed E-state index contributed by atoms with van der Waals surface area (Å²) in [5.41, 5.74) is 0.929. The van der Waals surface area contributed by atoms with E-state index in [0.29, 0.717) is 36.2 Å². The van der Waals surface area contributed by atoms with Gasteiger partial charge in [-0.25, -0.2) is 8.42 Å². The van der Waals surface area contributed by atoms with Crippen molar-refractivity contribution in [1.82, 2.24) is 9.21 Å². The fraction of sp³-hybridized carbons (Fsp3) is 0.190. The van der Waals surface area contributed by atoms with E-state index >= 15 is 0 Å². The SMILES string of the molecule is O=S(=O)(c1ccc2ccccc2c1)N1CCN(C(=S)Nc2ccccc2)CC1. The second-order valence-corrected chi connectivity index (χ2v) is 9.02. The van der Waals surface area contributed by atoms with Gasteiger partial charge in [0.2, 0.25) is 10.0 Å². The second-order valence-electron chi connectivity index (χ2n) is 6.70. The van der Waals surface area contributed by atoms with Crippen molar-refractivity contribution in [3.8, 4) is 0 Å². The third-order valence-electron chi connectivity index (χ3n) is 4.91. The van der Waals surface area contributed by atoms with Gasteiger partial charge in [0.15, 0.2) is 5.11 Å². The summed E-state index contributed by atoms with van der Waals surface area (Å²) in [7, 11) is -3.52. The quantitative estimate of drug-likeness (QED) is 0.668. The molecule has 0 bridgehead atoms. The number of fused-ring (bicyclic) bond motifs is 1. The first-order chi connectivity index (χ1) is 13.5. The maximum atomic E-state index is 13.1. The molecule has 0 radical (unpaired) electrons.